The van der Waals surface area contributed by atoms with Crippen LogP contribution in [0, 0.1) is 5.41 Å². The van der Waals surface area contributed by atoms with E-state index in [1.54, 1.807) is 14.2 Å². The molecule has 0 saturated carbocycles. The molecule has 1 aromatic rings. The van der Waals surface area contributed by atoms with Gasteiger partial charge in [-0.3, -0.25) is 5.41 Å². The first-order valence-corrected chi connectivity index (χ1v) is 5.76. The maximum absolute atomic E-state index is 7.65. The Bertz CT molecular complexity index is 443. The Balaban J connectivity index is 2.54. The van der Waals surface area contributed by atoms with E-state index in [9.17, 15) is 0 Å². The van der Waals surface area contributed by atoms with Gasteiger partial charge in [0.1, 0.15) is 0 Å². The van der Waals surface area contributed by atoms with Gasteiger partial charge in [-0.25, -0.2) is 0 Å². The molecule has 1 aromatic carbocycles. The summed E-state index contributed by atoms with van der Waals surface area (Å²) in [6.07, 6.45) is 2.93. The zero-order chi connectivity index (χ0) is 12.4. The van der Waals surface area contributed by atoms with Crippen molar-refractivity contribution >= 4 is 5.84 Å². The van der Waals surface area contributed by atoms with Crippen LogP contribution >= 0.6 is 0 Å². The van der Waals surface area contributed by atoms with Crippen LogP contribution < -0.4 is 15.2 Å². The summed E-state index contributed by atoms with van der Waals surface area (Å²) in [5.74, 6) is 1.79. The highest BCUT2D eigenvalue weighted by atomic mass is 16.5. The average Bonchev–Trinajstić information content (AvgIpc) is 2.36. The summed E-state index contributed by atoms with van der Waals surface area (Å²) in [6, 6.07) is 3.89. The lowest BCUT2D eigenvalue weighted by atomic mass is 9.81. The van der Waals surface area contributed by atoms with Crippen LogP contribution in [0.4, 0.5) is 0 Å². The minimum Gasteiger partial charge on any atom is -0.493 e. The highest BCUT2D eigenvalue weighted by Crippen LogP contribution is 2.41. The molecule has 17 heavy (non-hydrogen) atoms. The van der Waals surface area contributed by atoms with E-state index in [1.807, 2.05) is 12.1 Å². The lowest BCUT2D eigenvalue weighted by Gasteiger charge is -2.26. The first-order valence-electron chi connectivity index (χ1n) is 5.76. The molecule has 2 rings (SSSR count). The van der Waals surface area contributed by atoms with Crippen molar-refractivity contribution in [1.29, 1.82) is 5.41 Å². The van der Waals surface area contributed by atoms with Gasteiger partial charge in [0.2, 0.25) is 0 Å². The first kappa shape index (κ1) is 11.8. The predicted molar refractivity (Wildman–Crippen MR) is 67.1 cm³/mol. The Morgan fingerprint density at radius 3 is 2.71 bits per heavy atom. The summed E-state index contributed by atoms with van der Waals surface area (Å²) in [7, 11) is 3.28. The number of nitrogens with one attached hydrogen (secondary N) is 1. The maximum atomic E-state index is 7.65. The number of hydrogen-bond donors (Lipinski definition) is 2. The van der Waals surface area contributed by atoms with Crippen LogP contribution in [0.3, 0.4) is 0 Å². The summed E-state index contributed by atoms with van der Waals surface area (Å²) >= 11 is 0. The zero-order valence-electron chi connectivity index (χ0n) is 10.2. The van der Waals surface area contributed by atoms with Gasteiger partial charge in [-0.2, -0.15) is 0 Å². The van der Waals surface area contributed by atoms with E-state index in [-0.39, 0.29) is 11.8 Å². The molecule has 1 atom stereocenters. The maximum Gasteiger partial charge on any atom is 0.164 e. The second-order valence-electron chi connectivity index (χ2n) is 4.27. The van der Waals surface area contributed by atoms with Gasteiger partial charge in [0, 0.05) is 11.5 Å². The highest BCUT2D eigenvalue weighted by molar-refractivity contribution is 5.85. The van der Waals surface area contributed by atoms with E-state index >= 15 is 0 Å². The normalized spacial score (nSPS) is 18.4. The summed E-state index contributed by atoms with van der Waals surface area (Å²) in [5.41, 5.74) is 7.91. The van der Waals surface area contributed by atoms with Gasteiger partial charge >= 0.3 is 0 Å². The fourth-order valence-electron chi connectivity index (χ4n) is 2.55. The Hall–Kier alpha value is -1.71. The Morgan fingerprint density at radius 1 is 1.35 bits per heavy atom. The number of ether oxygens (including phenoxy) is 2. The second kappa shape index (κ2) is 4.65. The summed E-state index contributed by atoms with van der Waals surface area (Å²) in [5, 5.41) is 7.65. The third-order valence-corrected chi connectivity index (χ3v) is 3.36. The zero-order valence-corrected chi connectivity index (χ0v) is 10.2. The lowest BCUT2D eigenvalue weighted by molar-refractivity contribution is 0.349. The van der Waals surface area contributed by atoms with Crippen LogP contribution in [-0.4, -0.2) is 20.1 Å². The summed E-state index contributed by atoms with van der Waals surface area (Å²) < 4.78 is 10.7. The molecule has 1 aliphatic carbocycles. The Morgan fingerprint density at radius 2 is 2.12 bits per heavy atom. The van der Waals surface area contributed by atoms with Gasteiger partial charge in [-0.05, 0) is 30.9 Å². The van der Waals surface area contributed by atoms with Crippen molar-refractivity contribution in [2.24, 2.45) is 5.73 Å². The van der Waals surface area contributed by atoms with E-state index in [0.29, 0.717) is 0 Å². The largest absolute Gasteiger partial charge is 0.493 e. The molecule has 0 radical (unpaired) electrons. The van der Waals surface area contributed by atoms with E-state index in [4.69, 9.17) is 20.6 Å². The van der Waals surface area contributed by atoms with Crippen LogP contribution in [0.25, 0.3) is 0 Å². The summed E-state index contributed by atoms with van der Waals surface area (Å²) in [6.45, 7) is 0. The monoisotopic (exact) mass is 234 g/mol. The van der Waals surface area contributed by atoms with Gasteiger partial charge in [-0.15, -0.1) is 0 Å². The van der Waals surface area contributed by atoms with Crippen molar-refractivity contribution in [1.82, 2.24) is 0 Å². The van der Waals surface area contributed by atoms with Crippen molar-refractivity contribution in [2.45, 2.75) is 25.2 Å². The molecule has 0 aliphatic heterocycles. The molecule has 0 aromatic heterocycles. The van der Waals surface area contributed by atoms with Crippen molar-refractivity contribution in [3.05, 3.63) is 23.3 Å². The predicted octanol–water partition coefficient (Wildman–Crippen LogP) is 2.06. The molecule has 0 bridgehead atoms. The van der Waals surface area contributed by atoms with Gasteiger partial charge in [0.05, 0.1) is 20.1 Å². The number of hydrogen-bond acceptors (Lipinski definition) is 3. The fourth-order valence-corrected chi connectivity index (χ4v) is 2.55. The quantitative estimate of drug-likeness (QED) is 0.621. The number of nitrogens with two attached hydrogens (primary N) is 1. The number of methoxy groups -OCH3 is 2. The van der Waals surface area contributed by atoms with Crippen molar-refractivity contribution < 1.29 is 9.47 Å². The van der Waals surface area contributed by atoms with E-state index in [2.05, 4.69) is 0 Å². The minimum atomic E-state index is 0.0264. The van der Waals surface area contributed by atoms with Crippen LogP contribution in [-0.2, 0) is 6.42 Å². The molecule has 0 amide bonds. The lowest BCUT2D eigenvalue weighted by Crippen LogP contribution is -2.24. The third kappa shape index (κ3) is 1.95. The van der Waals surface area contributed by atoms with Crippen LogP contribution in [0.5, 0.6) is 11.5 Å². The fraction of sp³-hybridized carbons (Fsp3) is 0.462. The average molecular weight is 234 g/mol. The van der Waals surface area contributed by atoms with Gasteiger partial charge in [-0.1, -0.05) is 6.07 Å². The Kier molecular flexibility index (Phi) is 3.22. The molecule has 0 fully saturated rings. The molecule has 0 spiro atoms. The SMILES string of the molecule is COc1ccc2c(c1OC)CCCC2C(=N)N. The molecule has 4 heteroatoms. The van der Waals surface area contributed by atoms with Crippen LogP contribution in [0.2, 0.25) is 0 Å². The minimum absolute atomic E-state index is 0.0264. The van der Waals surface area contributed by atoms with Crippen LogP contribution in [0.15, 0.2) is 12.1 Å². The molecule has 0 saturated heterocycles. The molecule has 3 N–H and O–H groups in total. The molecular formula is C13H18N2O2. The van der Waals surface area contributed by atoms with E-state index in [0.717, 1.165) is 41.9 Å². The highest BCUT2D eigenvalue weighted by Gasteiger charge is 2.26. The van der Waals surface area contributed by atoms with Crippen LogP contribution in [0.1, 0.15) is 29.9 Å². The number of rotatable bonds is 3. The molecule has 4 nitrogen and oxygen atoms in total. The molecule has 92 valence electrons. The smallest absolute Gasteiger partial charge is 0.164 e. The van der Waals surface area contributed by atoms with E-state index < -0.39 is 0 Å². The Labute approximate surface area is 101 Å². The molecule has 1 unspecified atom stereocenters. The van der Waals surface area contributed by atoms with Crippen molar-refractivity contribution in [3.8, 4) is 11.5 Å². The molecule has 1 aliphatic rings. The van der Waals surface area contributed by atoms with Crippen molar-refractivity contribution in [2.75, 3.05) is 14.2 Å². The standard InChI is InChI=1S/C13H18N2O2/c1-16-11-7-6-8-9(12(11)17-2)4-3-5-10(8)13(14)15/h6-7,10H,3-5H2,1-2H3,(H3,14,15). The molecule has 0 heterocycles. The number of benzene rings is 1. The number of fused-ring (bicyclic) bond motifs is 1. The van der Waals surface area contributed by atoms with E-state index in [1.165, 1.54) is 0 Å². The molecular weight excluding hydrogens is 216 g/mol. The summed E-state index contributed by atoms with van der Waals surface area (Å²) in [4.78, 5) is 0. The topological polar surface area (TPSA) is 68.3 Å². The van der Waals surface area contributed by atoms with Crippen molar-refractivity contribution in [3.63, 3.8) is 0 Å². The van der Waals surface area contributed by atoms with Gasteiger partial charge in [0.15, 0.2) is 11.5 Å². The van der Waals surface area contributed by atoms with Gasteiger partial charge < -0.3 is 15.2 Å². The number of amidine groups is 1. The second-order valence-corrected chi connectivity index (χ2v) is 4.27. The van der Waals surface area contributed by atoms with Gasteiger partial charge in [0.25, 0.3) is 0 Å². The third-order valence-electron chi connectivity index (χ3n) is 3.36. The first-order chi connectivity index (χ1) is 8.19.